The average Bonchev–Trinajstić information content (AvgIpc) is 3.21. The molecule has 4 nitrogen and oxygen atoms in total. The lowest BCUT2D eigenvalue weighted by atomic mass is 10.1. The summed E-state index contributed by atoms with van der Waals surface area (Å²) in [6.45, 7) is 1.13. The first-order valence-electron chi connectivity index (χ1n) is 10.9. The van der Waals surface area contributed by atoms with E-state index in [0.29, 0.717) is 40.2 Å². The van der Waals surface area contributed by atoms with Gasteiger partial charge in [-0.1, -0.05) is 71.7 Å². The Morgan fingerprint density at radius 1 is 1.00 bits per heavy atom. The van der Waals surface area contributed by atoms with Gasteiger partial charge in [0.1, 0.15) is 5.37 Å². The van der Waals surface area contributed by atoms with Crippen LogP contribution in [0.4, 0.5) is 0 Å². The van der Waals surface area contributed by atoms with Crippen molar-refractivity contribution in [2.24, 2.45) is 0 Å². The third-order valence-corrected chi connectivity index (χ3v) is 8.41. The molecule has 34 heavy (non-hydrogen) atoms. The fourth-order valence-electron chi connectivity index (χ4n) is 3.66. The molecule has 4 rings (SSSR count). The van der Waals surface area contributed by atoms with Crippen LogP contribution in [0, 0.1) is 0 Å². The van der Waals surface area contributed by atoms with Crippen molar-refractivity contribution in [2.75, 3.05) is 18.1 Å². The third-order valence-electron chi connectivity index (χ3n) is 5.46. The zero-order valence-electron chi connectivity index (χ0n) is 18.4. The molecule has 1 aliphatic rings. The highest BCUT2D eigenvalue weighted by molar-refractivity contribution is 8.00. The molecule has 2 amide bonds. The largest absolute Gasteiger partial charge is 0.351 e. The second-order valence-corrected chi connectivity index (χ2v) is 10.8. The van der Waals surface area contributed by atoms with Crippen molar-refractivity contribution in [3.05, 3.63) is 105 Å². The summed E-state index contributed by atoms with van der Waals surface area (Å²) in [4.78, 5) is 26.9. The lowest BCUT2D eigenvalue weighted by Crippen LogP contribution is -2.28. The molecule has 0 unspecified atom stereocenters. The minimum absolute atomic E-state index is 0.0437. The molecule has 3 aromatic rings. The second kappa shape index (κ2) is 12.0. The molecule has 0 radical (unpaired) electrons. The van der Waals surface area contributed by atoms with Gasteiger partial charge in [-0.3, -0.25) is 9.59 Å². The monoisotopic (exact) mass is 530 g/mol. The summed E-state index contributed by atoms with van der Waals surface area (Å²) in [5, 5.41) is 4.23. The van der Waals surface area contributed by atoms with Gasteiger partial charge in [0.05, 0.1) is 5.75 Å². The quantitative estimate of drug-likeness (QED) is 0.324. The summed E-state index contributed by atoms with van der Waals surface area (Å²) in [7, 11) is 0. The number of carbonyl (C=O) groups excluding carboxylic acids is 2. The van der Waals surface area contributed by atoms with Gasteiger partial charge in [0.15, 0.2) is 0 Å². The standard InChI is InChI=1S/C26H24Cl2N2O2S2/c27-22-7-4-8-23(28)21(22)16-33-14-13-29-25(32)19-9-11-20(12-10-19)26-30(24(31)17-34-26)15-18-5-2-1-3-6-18/h1-12,26H,13-17H2,(H,29,32)/t26-/m1/s1. The zero-order valence-corrected chi connectivity index (χ0v) is 21.5. The Kier molecular flexibility index (Phi) is 8.84. The van der Waals surface area contributed by atoms with Crippen molar-refractivity contribution >= 4 is 58.5 Å². The van der Waals surface area contributed by atoms with Gasteiger partial charge in [0.2, 0.25) is 5.91 Å². The molecule has 0 aliphatic carbocycles. The van der Waals surface area contributed by atoms with E-state index in [0.717, 1.165) is 22.4 Å². The van der Waals surface area contributed by atoms with Crippen molar-refractivity contribution in [3.8, 4) is 0 Å². The van der Waals surface area contributed by atoms with Crippen LogP contribution in [0.25, 0.3) is 0 Å². The maximum atomic E-state index is 12.5. The number of carbonyl (C=O) groups is 2. The smallest absolute Gasteiger partial charge is 0.251 e. The highest BCUT2D eigenvalue weighted by atomic mass is 35.5. The minimum atomic E-state index is -0.112. The maximum Gasteiger partial charge on any atom is 0.251 e. The third kappa shape index (κ3) is 6.30. The van der Waals surface area contributed by atoms with Crippen molar-refractivity contribution < 1.29 is 9.59 Å². The molecule has 1 saturated heterocycles. The average molecular weight is 532 g/mol. The summed E-state index contributed by atoms with van der Waals surface area (Å²) in [6, 6.07) is 23.0. The molecule has 1 atom stereocenters. The number of hydrogen-bond donors (Lipinski definition) is 1. The summed E-state index contributed by atoms with van der Waals surface area (Å²) >= 11 is 15.7. The lowest BCUT2D eigenvalue weighted by Gasteiger charge is -2.24. The van der Waals surface area contributed by atoms with Gasteiger partial charge in [-0.15, -0.1) is 11.8 Å². The maximum absolute atomic E-state index is 12.5. The van der Waals surface area contributed by atoms with Crippen LogP contribution in [-0.2, 0) is 17.1 Å². The number of nitrogens with zero attached hydrogens (tertiary/aromatic N) is 1. The summed E-state index contributed by atoms with van der Waals surface area (Å²) < 4.78 is 0. The van der Waals surface area contributed by atoms with E-state index >= 15 is 0 Å². The van der Waals surface area contributed by atoms with Crippen LogP contribution in [0.3, 0.4) is 0 Å². The fraction of sp³-hybridized carbons (Fsp3) is 0.231. The molecule has 0 saturated carbocycles. The Labute approximate surface area is 218 Å². The SMILES string of the molecule is O=C(NCCSCc1c(Cl)cccc1Cl)c1ccc([C@H]2SCC(=O)N2Cc2ccccc2)cc1. The van der Waals surface area contributed by atoms with Crippen LogP contribution < -0.4 is 5.32 Å². The molecule has 3 aromatic carbocycles. The van der Waals surface area contributed by atoms with Crippen LogP contribution in [0.5, 0.6) is 0 Å². The van der Waals surface area contributed by atoms with E-state index in [1.54, 1.807) is 23.5 Å². The normalized spacial score (nSPS) is 15.5. The Morgan fingerprint density at radius 2 is 1.71 bits per heavy atom. The second-order valence-electron chi connectivity index (χ2n) is 7.80. The van der Waals surface area contributed by atoms with Crippen LogP contribution in [0.15, 0.2) is 72.8 Å². The predicted molar refractivity (Wildman–Crippen MR) is 144 cm³/mol. The van der Waals surface area contributed by atoms with Gasteiger partial charge in [-0.2, -0.15) is 11.8 Å². The van der Waals surface area contributed by atoms with E-state index in [4.69, 9.17) is 23.2 Å². The predicted octanol–water partition coefficient (Wildman–Crippen LogP) is 6.43. The highest BCUT2D eigenvalue weighted by Crippen LogP contribution is 2.39. The molecule has 0 bridgehead atoms. The zero-order chi connectivity index (χ0) is 23.9. The van der Waals surface area contributed by atoms with E-state index < -0.39 is 0 Å². The Balaban J connectivity index is 1.28. The van der Waals surface area contributed by atoms with Gasteiger partial charge in [0, 0.05) is 40.2 Å². The van der Waals surface area contributed by atoms with Crippen LogP contribution in [-0.4, -0.2) is 34.8 Å². The van der Waals surface area contributed by atoms with Crippen molar-refractivity contribution in [1.29, 1.82) is 0 Å². The summed E-state index contributed by atoms with van der Waals surface area (Å²) in [5.74, 6) is 1.94. The molecule has 0 aromatic heterocycles. The molecule has 8 heteroatoms. The lowest BCUT2D eigenvalue weighted by molar-refractivity contribution is -0.128. The molecule has 1 heterocycles. The van der Waals surface area contributed by atoms with Gasteiger partial charge >= 0.3 is 0 Å². The first-order valence-corrected chi connectivity index (χ1v) is 13.8. The molecule has 1 aliphatic heterocycles. The Morgan fingerprint density at radius 3 is 2.41 bits per heavy atom. The molecular formula is C26H24Cl2N2O2S2. The number of rotatable bonds is 9. The van der Waals surface area contributed by atoms with Crippen molar-refractivity contribution in [2.45, 2.75) is 17.7 Å². The van der Waals surface area contributed by atoms with Gasteiger partial charge in [-0.25, -0.2) is 0 Å². The van der Waals surface area contributed by atoms with E-state index in [2.05, 4.69) is 5.32 Å². The number of thioether (sulfide) groups is 2. The van der Waals surface area contributed by atoms with Crippen molar-refractivity contribution in [1.82, 2.24) is 10.2 Å². The summed E-state index contributed by atoms with van der Waals surface area (Å²) in [5.41, 5.74) is 3.65. The molecule has 1 N–H and O–H groups in total. The van der Waals surface area contributed by atoms with Crippen LogP contribution >= 0.6 is 46.7 Å². The Bertz CT molecular complexity index is 1120. The highest BCUT2D eigenvalue weighted by Gasteiger charge is 2.32. The van der Waals surface area contributed by atoms with Crippen LogP contribution in [0.2, 0.25) is 10.0 Å². The van der Waals surface area contributed by atoms with E-state index in [9.17, 15) is 9.59 Å². The summed E-state index contributed by atoms with van der Waals surface area (Å²) in [6.07, 6.45) is 0. The number of amides is 2. The first-order chi connectivity index (χ1) is 16.5. The molecule has 1 fully saturated rings. The molecule has 176 valence electrons. The number of hydrogen-bond acceptors (Lipinski definition) is 4. The van der Waals surface area contributed by atoms with Gasteiger partial charge < -0.3 is 10.2 Å². The van der Waals surface area contributed by atoms with Gasteiger partial charge in [-0.05, 0) is 41.0 Å². The van der Waals surface area contributed by atoms with Crippen molar-refractivity contribution in [3.63, 3.8) is 0 Å². The molecule has 0 spiro atoms. The van der Waals surface area contributed by atoms with Crippen LogP contribution in [0.1, 0.15) is 32.4 Å². The van der Waals surface area contributed by atoms with E-state index in [-0.39, 0.29) is 17.2 Å². The number of benzene rings is 3. The number of halogens is 2. The minimum Gasteiger partial charge on any atom is -0.351 e. The first kappa shape index (κ1) is 25.0. The Hall–Kier alpha value is -2.12. The number of nitrogens with one attached hydrogen (secondary N) is 1. The van der Waals surface area contributed by atoms with E-state index in [1.165, 1.54) is 0 Å². The topological polar surface area (TPSA) is 49.4 Å². The fourth-order valence-corrected chi connectivity index (χ4v) is 6.45. The molecular weight excluding hydrogens is 507 g/mol. The van der Waals surface area contributed by atoms with Gasteiger partial charge in [0.25, 0.3) is 5.91 Å². The van der Waals surface area contributed by atoms with E-state index in [1.807, 2.05) is 77.7 Å².